The number of hydrogen-bond donors (Lipinski definition) is 1. The highest BCUT2D eigenvalue weighted by molar-refractivity contribution is 5.88. The molecule has 0 heterocycles. The number of aryl methyl sites for hydroxylation is 2. The Bertz CT molecular complexity index is 695. The summed E-state index contributed by atoms with van der Waals surface area (Å²) >= 11 is 0. The Morgan fingerprint density at radius 2 is 1.58 bits per heavy atom. The van der Waals surface area contributed by atoms with Crippen LogP contribution in [0.5, 0.6) is 0 Å². The number of hydrogen-bond acceptors (Lipinski definition) is 3. The minimum absolute atomic E-state index is 0.0816. The molecule has 0 saturated carbocycles. The van der Waals surface area contributed by atoms with E-state index in [0.717, 1.165) is 43.4 Å². The first kappa shape index (κ1) is 19.7. The molecule has 2 rings (SSSR count). The van der Waals surface area contributed by atoms with Gasteiger partial charge in [-0.25, -0.2) is 0 Å². The number of anilines is 1. The molecule has 1 N–H and O–H groups in total. The molecule has 138 valence electrons. The van der Waals surface area contributed by atoms with Crippen LogP contribution in [0.3, 0.4) is 0 Å². The summed E-state index contributed by atoms with van der Waals surface area (Å²) in [5.74, 6) is -0.298. The van der Waals surface area contributed by atoms with Gasteiger partial charge in [0, 0.05) is 12.6 Å². The molecule has 0 aliphatic carbocycles. The fourth-order valence-electron chi connectivity index (χ4n) is 3.04. The molecule has 2 aromatic carbocycles. The number of carbonyl (C=O) groups is 2. The lowest BCUT2D eigenvalue weighted by Gasteiger charge is -2.15. The van der Waals surface area contributed by atoms with Gasteiger partial charge in [0.15, 0.2) is 0 Å². The lowest BCUT2D eigenvalue weighted by Crippen LogP contribution is -2.17. The second kappa shape index (κ2) is 10.4. The molecule has 2 aromatic rings. The summed E-state index contributed by atoms with van der Waals surface area (Å²) in [6, 6.07) is 18.1. The van der Waals surface area contributed by atoms with Gasteiger partial charge in [0.2, 0.25) is 5.91 Å². The van der Waals surface area contributed by atoms with Crippen molar-refractivity contribution in [1.29, 1.82) is 0 Å². The topological polar surface area (TPSA) is 55.4 Å². The van der Waals surface area contributed by atoms with Crippen LogP contribution in [-0.4, -0.2) is 19.0 Å². The second-order valence-electron chi connectivity index (χ2n) is 6.51. The van der Waals surface area contributed by atoms with E-state index in [1.807, 2.05) is 42.5 Å². The third-order valence-corrected chi connectivity index (χ3v) is 4.45. The highest BCUT2D eigenvalue weighted by Crippen LogP contribution is 2.19. The number of ether oxygens (including phenoxy) is 1. The van der Waals surface area contributed by atoms with Crippen molar-refractivity contribution in [3.8, 4) is 0 Å². The zero-order chi connectivity index (χ0) is 18.8. The smallest absolute Gasteiger partial charge is 0.308 e. The molecule has 4 heteroatoms. The van der Waals surface area contributed by atoms with Gasteiger partial charge in [0.05, 0.1) is 13.0 Å². The summed E-state index contributed by atoms with van der Waals surface area (Å²) in [4.78, 5) is 23.1. The lowest BCUT2D eigenvalue weighted by molar-refractivity contribution is -0.146. The van der Waals surface area contributed by atoms with Crippen LogP contribution in [0.1, 0.15) is 37.3 Å². The van der Waals surface area contributed by atoms with E-state index < -0.39 is 0 Å². The van der Waals surface area contributed by atoms with Crippen molar-refractivity contribution in [3.63, 3.8) is 0 Å². The molecule has 1 atom stereocenters. The summed E-state index contributed by atoms with van der Waals surface area (Å²) in [6.45, 7) is 1.49. The third kappa shape index (κ3) is 6.71. The van der Waals surface area contributed by atoms with Crippen molar-refractivity contribution in [2.75, 3.05) is 12.4 Å². The van der Waals surface area contributed by atoms with Crippen LogP contribution in [0.25, 0.3) is 0 Å². The number of carbonyl (C=O) groups excluding carboxylic acids is 2. The molecule has 0 radical (unpaired) electrons. The lowest BCUT2D eigenvalue weighted by atomic mass is 9.93. The Labute approximate surface area is 155 Å². The Balaban J connectivity index is 1.85. The van der Waals surface area contributed by atoms with E-state index >= 15 is 0 Å². The minimum atomic E-state index is -0.132. The average molecular weight is 353 g/mol. The van der Waals surface area contributed by atoms with Crippen LogP contribution in [0.2, 0.25) is 0 Å². The zero-order valence-electron chi connectivity index (χ0n) is 15.5. The van der Waals surface area contributed by atoms with E-state index in [4.69, 9.17) is 4.74 Å². The maximum Gasteiger partial charge on any atom is 0.308 e. The quantitative estimate of drug-likeness (QED) is 0.680. The molecular weight excluding hydrogens is 326 g/mol. The second-order valence-corrected chi connectivity index (χ2v) is 6.51. The van der Waals surface area contributed by atoms with Crippen molar-refractivity contribution in [3.05, 3.63) is 65.7 Å². The summed E-state index contributed by atoms with van der Waals surface area (Å²) in [5, 5.41) is 2.75. The molecule has 0 aliphatic rings. The summed E-state index contributed by atoms with van der Waals surface area (Å²) < 4.78 is 4.98. The molecule has 4 nitrogen and oxygen atoms in total. The van der Waals surface area contributed by atoms with Gasteiger partial charge >= 0.3 is 5.97 Å². The van der Waals surface area contributed by atoms with Gasteiger partial charge in [-0.1, -0.05) is 42.5 Å². The highest BCUT2D eigenvalue weighted by Gasteiger charge is 2.18. The molecule has 1 amide bonds. The van der Waals surface area contributed by atoms with Crippen LogP contribution in [-0.2, 0) is 27.2 Å². The number of methoxy groups -OCH3 is 1. The van der Waals surface area contributed by atoms with Crippen molar-refractivity contribution < 1.29 is 14.3 Å². The third-order valence-electron chi connectivity index (χ3n) is 4.45. The van der Waals surface area contributed by atoms with E-state index in [0.29, 0.717) is 0 Å². The standard InChI is InChI=1S/C22H27NO3/c1-17(24)23-21-15-12-19(13-16-21)11-14-20(22(25)26-2)10-6-9-18-7-4-3-5-8-18/h3-5,7-8,12-13,15-16,20H,6,9-11,14H2,1-2H3,(H,23,24). The largest absolute Gasteiger partial charge is 0.469 e. The molecule has 0 fully saturated rings. The van der Waals surface area contributed by atoms with Crippen LogP contribution in [0.4, 0.5) is 5.69 Å². The Hall–Kier alpha value is -2.62. The Kier molecular flexibility index (Phi) is 7.87. The Morgan fingerprint density at radius 1 is 0.923 bits per heavy atom. The van der Waals surface area contributed by atoms with Gasteiger partial charge in [-0.15, -0.1) is 0 Å². The normalized spacial score (nSPS) is 11.6. The van der Waals surface area contributed by atoms with Gasteiger partial charge in [0.25, 0.3) is 0 Å². The van der Waals surface area contributed by atoms with Gasteiger partial charge in [0.1, 0.15) is 0 Å². The van der Waals surface area contributed by atoms with Gasteiger partial charge in [-0.2, -0.15) is 0 Å². The summed E-state index contributed by atoms with van der Waals surface area (Å²) in [6.07, 6.45) is 4.34. The van der Waals surface area contributed by atoms with Crippen LogP contribution >= 0.6 is 0 Å². The molecule has 0 aromatic heterocycles. The van der Waals surface area contributed by atoms with E-state index in [1.54, 1.807) is 0 Å². The number of rotatable bonds is 9. The van der Waals surface area contributed by atoms with Crippen molar-refractivity contribution in [1.82, 2.24) is 0 Å². The van der Waals surface area contributed by atoms with Gasteiger partial charge in [-0.3, -0.25) is 9.59 Å². The highest BCUT2D eigenvalue weighted by atomic mass is 16.5. The molecule has 1 unspecified atom stereocenters. The predicted molar refractivity (Wildman–Crippen MR) is 104 cm³/mol. The van der Waals surface area contributed by atoms with E-state index in [-0.39, 0.29) is 17.8 Å². The van der Waals surface area contributed by atoms with Crippen LogP contribution in [0.15, 0.2) is 54.6 Å². The molecule has 26 heavy (non-hydrogen) atoms. The average Bonchev–Trinajstić information content (AvgIpc) is 2.65. The summed E-state index contributed by atoms with van der Waals surface area (Å²) in [7, 11) is 1.45. The summed E-state index contributed by atoms with van der Waals surface area (Å²) in [5.41, 5.74) is 3.23. The number of amides is 1. The van der Waals surface area contributed by atoms with Crippen molar-refractivity contribution >= 4 is 17.6 Å². The number of esters is 1. The first-order chi connectivity index (χ1) is 12.6. The number of nitrogens with one attached hydrogen (secondary N) is 1. The molecular formula is C22H27NO3. The maximum absolute atomic E-state index is 12.1. The van der Waals surface area contributed by atoms with Crippen LogP contribution < -0.4 is 5.32 Å². The van der Waals surface area contributed by atoms with Gasteiger partial charge in [-0.05, 0) is 55.4 Å². The van der Waals surface area contributed by atoms with E-state index in [1.165, 1.54) is 19.6 Å². The fourth-order valence-corrected chi connectivity index (χ4v) is 3.04. The molecule has 0 saturated heterocycles. The van der Waals surface area contributed by atoms with Crippen molar-refractivity contribution in [2.45, 2.75) is 39.0 Å². The Morgan fingerprint density at radius 3 is 2.19 bits per heavy atom. The van der Waals surface area contributed by atoms with E-state index in [9.17, 15) is 9.59 Å². The molecule has 0 bridgehead atoms. The van der Waals surface area contributed by atoms with Gasteiger partial charge < -0.3 is 10.1 Å². The monoisotopic (exact) mass is 353 g/mol. The molecule has 0 spiro atoms. The molecule has 0 aliphatic heterocycles. The first-order valence-electron chi connectivity index (χ1n) is 9.06. The zero-order valence-corrected chi connectivity index (χ0v) is 15.5. The van der Waals surface area contributed by atoms with E-state index in [2.05, 4.69) is 17.4 Å². The van der Waals surface area contributed by atoms with Crippen LogP contribution in [0, 0.1) is 5.92 Å². The number of benzene rings is 2. The first-order valence-corrected chi connectivity index (χ1v) is 9.06. The SMILES string of the molecule is COC(=O)C(CCCc1ccccc1)CCc1ccc(NC(C)=O)cc1. The minimum Gasteiger partial charge on any atom is -0.469 e. The fraction of sp³-hybridized carbons (Fsp3) is 0.364. The predicted octanol–water partition coefficient (Wildman–Crippen LogP) is 4.39. The maximum atomic E-state index is 12.1. The van der Waals surface area contributed by atoms with Crippen molar-refractivity contribution in [2.24, 2.45) is 5.92 Å².